The molecule has 170 valence electrons. The Morgan fingerprint density at radius 3 is 2.06 bits per heavy atom. The van der Waals surface area contributed by atoms with E-state index in [4.69, 9.17) is 11.6 Å². The normalized spacial score (nSPS) is 13.2. The largest absolute Gasteiger partial charge is 0.480 e. The molecule has 2 aromatic carbocycles. The van der Waals surface area contributed by atoms with E-state index in [0.29, 0.717) is 9.70 Å². The summed E-state index contributed by atoms with van der Waals surface area (Å²) < 4.78 is 66.6. The maximum Gasteiger partial charge on any atom is 0.433 e. The Morgan fingerprint density at radius 1 is 1.09 bits per heavy atom. The van der Waals surface area contributed by atoms with Gasteiger partial charge in [-0.1, -0.05) is 42.8 Å². The first-order valence-corrected chi connectivity index (χ1v) is 11.6. The van der Waals surface area contributed by atoms with Crippen LogP contribution in [0.1, 0.15) is 25.1 Å². The van der Waals surface area contributed by atoms with E-state index in [1.165, 1.54) is 55.5 Å². The van der Waals surface area contributed by atoms with Gasteiger partial charge in [-0.25, -0.2) is 17.9 Å². The van der Waals surface area contributed by atoms with E-state index in [-0.39, 0.29) is 33.7 Å². The van der Waals surface area contributed by atoms with E-state index in [1.54, 1.807) is 0 Å². The van der Waals surface area contributed by atoms with Gasteiger partial charge in [0.1, 0.15) is 11.7 Å². The lowest BCUT2D eigenvalue weighted by atomic mass is 9.98. The summed E-state index contributed by atoms with van der Waals surface area (Å²) in [4.78, 5) is 11.7. The molecule has 0 saturated carbocycles. The van der Waals surface area contributed by atoms with Crippen LogP contribution in [0.25, 0.3) is 22.4 Å². The van der Waals surface area contributed by atoms with Crippen molar-refractivity contribution in [1.82, 2.24) is 9.78 Å². The molecule has 0 aliphatic carbocycles. The second-order valence-electron chi connectivity index (χ2n) is 7.08. The first kappa shape index (κ1) is 23.8. The van der Waals surface area contributed by atoms with Crippen LogP contribution in [0.4, 0.5) is 13.2 Å². The van der Waals surface area contributed by atoms with Crippen molar-refractivity contribution >= 4 is 27.4 Å². The monoisotopic (exact) mass is 486 g/mol. The summed E-state index contributed by atoms with van der Waals surface area (Å²) in [6.07, 6.45) is -4.04. The number of hydrogen-bond acceptors (Lipinski definition) is 4. The van der Waals surface area contributed by atoms with Gasteiger partial charge in [-0.05, 0) is 36.2 Å². The summed E-state index contributed by atoms with van der Waals surface area (Å²) in [6.45, 7) is 1.45. The number of carboxylic acid groups (broad SMARTS) is 1. The Bertz CT molecular complexity index is 1250. The van der Waals surface area contributed by atoms with Gasteiger partial charge in [-0.15, -0.1) is 0 Å². The minimum Gasteiger partial charge on any atom is -0.480 e. The second kappa shape index (κ2) is 8.59. The number of alkyl halides is 3. The molecule has 1 aromatic heterocycles. The van der Waals surface area contributed by atoms with Gasteiger partial charge in [0.25, 0.3) is 0 Å². The van der Waals surface area contributed by atoms with Crippen molar-refractivity contribution in [2.75, 3.05) is 6.26 Å². The summed E-state index contributed by atoms with van der Waals surface area (Å²) in [6, 6.07) is 9.24. The van der Waals surface area contributed by atoms with Crippen molar-refractivity contribution in [3.63, 3.8) is 0 Å². The molecule has 0 bridgehead atoms. The molecule has 1 unspecified atom stereocenters. The highest BCUT2D eigenvalue weighted by Gasteiger charge is 2.43. The molecule has 6 nitrogen and oxygen atoms in total. The van der Waals surface area contributed by atoms with Crippen LogP contribution < -0.4 is 0 Å². The van der Waals surface area contributed by atoms with Crippen molar-refractivity contribution in [2.45, 2.75) is 30.5 Å². The highest BCUT2D eigenvalue weighted by molar-refractivity contribution is 7.90. The highest BCUT2D eigenvalue weighted by Crippen LogP contribution is 2.44. The van der Waals surface area contributed by atoms with Gasteiger partial charge in [-0.3, -0.25) is 0 Å². The van der Waals surface area contributed by atoms with Gasteiger partial charge in [-0.2, -0.15) is 18.3 Å². The van der Waals surface area contributed by atoms with E-state index in [1.807, 2.05) is 0 Å². The molecule has 32 heavy (non-hydrogen) atoms. The van der Waals surface area contributed by atoms with Gasteiger partial charge in [0.05, 0.1) is 4.90 Å². The Morgan fingerprint density at radius 2 is 1.62 bits per heavy atom. The standard InChI is InChI=1S/C21H18ClF3N2O4S/c1-3-16(20(28)29)27-19(21(23,24)25)17(12-4-8-14(22)9-5-12)18(26-27)13-6-10-15(11-7-13)32(2,30)31/h4-11,16H,3H2,1-2H3,(H,28,29). The molecular weight excluding hydrogens is 469 g/mol. The number of benzene rings is 2. The second-order valence-corrected chi connectivity index (χ2v) is 9.53. The lowest BCUT2D eigenvalue weighted by Gasteiger charge is -2.17. The molecule has 11 heteroatoms. The zero-order valence-corrected chi connectivity index (χ0v) is 18.5. The predicted octanol–water partition coefficient (Wildman–Crippen LogP) is 5.33. The van der Waals surface area contributed by atoms with Gasteiger partial charge >= 0.3 is 12.1 Å². The van der Waals surface area contributed by atoms with Crippen molar-refractivity contribution in [3.05, 3.63) is 59.2 Å². The topological polar surface area (TPSA) is 89.3 Å². The Labute approximate surface area is 187 Å². The van der Waals surface area contributed by atoms with Crippen molar-refractivity contribution in [2.24, 2.45) is 0 Å². The summed E-state index contributed by atoms with van der Waals surface area (Å²) in [5.74, 6) is -1.46. The molecule has 0 radical (unpaired) electrons. The molecule has 1 N–H and O–H groups in total. The molecular formula is C21H18ClF3N2O4S. The number of carbonyl (C=O) groups is 1. The van der Waals surface area contributed by atoms with Crippen molar-refractivity contribution < 1.29 is 31.5 Å². The third kappa shape index (κ3) is 4.66. The summed E-state index contributed by atoms with van der Waals surface area (Å²) in [7, 11) is -3.52. The summed E-state index contributed by atoms with van der Waals surface area (Å²) in [5.41, 5.74) is -1.32. The quantitative estimate of drug-likeness (QED) is 0.508. The number of carboxylic acids is 1. The average molecular weight is 487 g/mol. The molecule has 1 heterocycles. The lowest BCUT2D eigenvalue weighted by Crippen LogP contribution is -2.25. The molecule has 1 atom stereocenters. The van der Waals surface area contributed by atoms with Crippen molar-refractivity contribution in [3.8, 4) is 22.4 Å². The Hall–Kier alpha value is -2.85. The fourth-order valence-corrected chi connectivity index (χ4v) is 4.09. The van der Waals surface area contributed by atoms with E-state index < -0.39 is 33.7 Å². The average Bonchev–Trinajstić information content (AvgIpc) is 3.09. The SMILES string of the molecule is CCC(C(=O)O)n1nc(-c2ccc(S(C)(=O)=O)cc2)c(-c2ccc(Cl)cc2)c1C(F)(F)F. The van der Waals surface area contributed by atoms with Crippen LogP contribution >= 0.6 is 11.6 Å². The molecule has 3 rings (SSSR count). The number of sulfone groups is 1. The maximum absolute atomic E-state index is 14.2. The van der Waals surface area contributed by atoms with E-state index in [2.05, 4.69) is 5.10 Å². The number of rotatable bonds is 6. The molecule has 0 aliphatic rings. The van der Waals surface area contributed by atoms with Crippen LogP contribution in [0.2, 0.25) is 5.02 Å². The number of hydrogen-bond donors (Lipinski definition) is 1. The molecule has 3 aromatic rings. The smallest absolute Gasteiger partial charge is 0.433 e. The Balaban J connectivity index is 2.38. The minimum atomic E-state index is -4.92. The molecule has 0 spiro atoms. The minimum absolute atomic E-state index is 0.0123. The van der Waals surface area contributed by atoms with E-state index >= 15 is 0 Å². The van der Waals surface area contributed by atoms with Crippen LogP contribution in [0, 0.1) is 0 Å². The lowest BCUT2D eigenvalue weighted by molar-refractivity contribution is -0.149. The molecule has 0 aliphatic heterocycles. The number of aromatic nitrogens is 2. The first-order valence-electron chi connectivity index (χ1n) is 9.33. The predicted molar refractivity (Wildman–Crippen MR) is 113 cm³/mol. The highest BCUT2D eigenvalue weighted by atomic mass is 35.5. The van der Waals surface area contributed by atoms with E-state index in [0.717, 1.165) is 6.26 Å². The van der Waals surface area contributed by atoms with Gasteiger partial charge in [0, 0.05) is 22.4 Å². The molecule has 0 saturated heterocycles. The molecule has 0 amide bonds. The molecule has 0 fully saturated rings. The van der Waals surface area contributed by atoms with Crippen LogP contribution in [-0.2, 0) is 20.8 Å². The maximum atomic E-state index is 14.2. The van der Waals surface area contributed by atoms with Gasteiger partial charge in [0.15, 0.2) is 15.5 Å². The number of halogens is 4. The van der Waals surface area contributed by atoms with Crippen molar-refractivity contribution in [1.29, 1.82) is 0 Å². The third-order valence-electron chi connectivity index (χ3n) is 4.83. The summed E-state index contributed by atoms with van der Waals surface area (Å²) in [5, 5.41) is 13.9. The third-order valence-corrected chi connectivity index (χ3v) is 6.22. The summed E-state index contributed by atoms with van der Waals surface area (Å²) >= 11 is 5.89. The van der Waals surface area contributed by atoms with Crippen LogP contribution in [-0.4, -0.2) is 35.5 Å². The van der Waals surface area contributed by atoms with Crippen LogP contribution in [0.3, 0.4) is 0 Å². The zero-order chi connectivity index (χ0) is 23.8. The van der Waals surface area contributed by atoms with E-state index in [9.17, 15) is 31.5 Å². The van der Waals surface area contributed by atoms with Crippen LogP contribution in [0.5, 0.6) is 0 Å². The Kier molecular flexibility index (Phi) is 6.39. The van der Waals surface area contributed by atoms with Crippen LogP contribution in [0.15, 0.2) is 53.4 Å². The van der Waals surface area contributed by atoms with Gasteiger partial charge < -0.3 is 5.11 Å². The van der Waals surface area contributed by atoms with Gasteiger partial charge in [0.2, 0.25) is 0 Å². The number of nitrogens with zero attached hydrogens (tertiary/aromatic N) is 2. The zero-order valence-electron chi connectivity index (χ0n) is 16.9. The fourth-order valence-electron chi connectivity index (χ4n) is 3.34. The number of aliphatic carboxylic acids is 1. The fraction of sp³-hybridized carbons (Fsp3) is 0.238. The first-order chi connectivity index (χ1) is 14.8.